The van der Waals surface area contributed by atoms with E-state index in [1.54, 1.807) is 17.9 Å². The highest BCUT2D eigenvalue weighted by Gasteiger charge is 2.55. The van der Waals surface area contributed by atoms with Crippen LogP contribution in [0.5, 0.6) is 0 Å². The zero-order valence-corrected chi connectivity index (χ0v) is 17.2. The summed E-state index contributed by atoms with van der Waals surface area (Å²) >= 11 is 0. The zero-order valence-electron chi connectivity index (χ0n) is 17.2. The maximum atomic E-state index is 13.8. The molecule has 4 bridgehead atoms. The van der Waals surface area contributed by atoms with Crippen molar-refractivity contribution in [2.24, 2.45) is 23.2 Å². The third kappa shape index (κ3) is 3.81. The van der Waals surface area contributed by atoms with Crippen LogP contribution in [0.15, 0.2) is 10.6 Å². The molecule has 29 heavy (non-hydrogen) atoms. The first-order chi connectivity index (χ1) is 14.0. The van der Waals surface area contributed by atoms with Gasteiger partial charge < -0.3 is 19.5 Å². The van der Waals surface area contributed by atoms with Gasteiger partial charge in [0.05, 0.1) is 11.5 Å². The number of aryl methyl sites for hydroxylation is 1. The molecule has 1 N–H and O–H groups in total. The van der Waals surface area contributed by atoms with Crippen LogP contribution in [0.2, 0.25) is 0 Å². The standard InChI is InChI=1S/C22H31N3O4/c1-14-5-19(24-29-14)23-20(26)13-25(12-18-3-2-4-28-18)21(27)22-9-15-6-16(10-22)8-17(7-15)11-22/h5,15-18H,2-4,6-13H2,1H3,(H,23,24,26). The van der Waals surface area contributed by atoms with E-state index in [-0.39, 0.29) is 29.9 Å². The zero-order chi connectivity index (χ0) is 20.0. The Bertz CT molecular complexity index is 747. The summed E-state index contributed by atoms with van der Waals surface area (Å²) in [5.41, 5.74) is -0.252. The summed E-state index contributed by atoms with van der Waals surface area (Å²) < 4.78 is 10.8. The van der Waals surface area contributed by atoms with Gasteiger partial charge in [0.15, 0.2) is 5.82 Å². The number of nitrogens with zero attached hydrogens (tertiary/aromatic N) is 2. The van der Waals surface area contributed by atoms with Gasteiger partial charge in [-0.05, 0) is 76.0 Å². The van der Waals surface area contributed by atoms with E-state index in [4.69, 9.17) is 9.26 Å². The van der Waals surface area contributed by atoms with E-state index < -0.39 is 0 Å². The highest BCUT2D eigenvalue weighted by Crippen LogP contribution is 2.60. The molecule has 5 aliphatic rings. The third-order valence-corrected chi connectivity index (χ3v) is 7.46. The maximum Gasteiger partial charge on any atom is 0.245 e. The van der Waals surface area contributed by atoms with E-state index in [0.29, 0.717) is 35.9 Å². The van der Waals surface area contributed by atoms with Crippen LogP contribution < -0.4 is 5.32 Å². The van der Waals surface area contributed by atoms with E-state index >= 15 is 0 Å². The van der Waals surface area contributed by atoms with Crippen molar-refractivity contribution in [3.63, 3.8) is 0 Å². The number of carbonyl (C=O) groups is 2. The molecule has 1 aromatic rings. The molecule has 5 fully saturated rings. The SMILES string of the molecule is Cc1cc(NC(=O)CN(CC2CCCO2)C(=O)C23CC4CC(CC(C4)C2)C3)no1. The molecule has 0 spiro atoms. The fourth-order valence-corrected chi connectivity index (χ4v) is 6.74. The lowest BCUT2D eigenvalue weighted by molar-refractivity contribution is -0.160. The quantitative estimate of drug-likeness (QED) is 0.792. The Morgan fingerprint density at radius 1 is 1.21 bits per heavy atom. The van der Waals surface area contributed by atoms with Crippen molar-refractivity contribution in [2.45, 2.75) is 64.4 Å². The lowest BCUT2D eigenvalue weighted by Gasteiger charge is -2.56. The van der Waals surface area contributed by atoms with Gasteiger partial charge in [0.25, 0.3) is 0 Å². The Morgan fingerprint density at radius 2 is 1.90 bits per heavy atom. The van der Waals surface area contributed by atoms with Crippen molar-refractivity contribution in [3.05, 3.63) is 11.8 Å². The van der Waals surface area contributed by atoms with Gasteiger partial charge in [-0.3, -0.25) is 9.59 Å². The molecule has 158 valence electrons. The van der Waals surface area contributed by atoms with Crippen LogP contribution in [-0.2, 0) is 14.3 Å². The molecule has 1 aliphatic heterocycles. The second kappa shape index (κ2) is 7.42. The molecule has 1 atom stereocenters. The number of amides is 2. The molecule has 0 aromatic carbocycles. The average Bonchev–Trinajstić information content (AvgIpc) is 3.31. The predicted molar refractivity (Wildman–Crippen MR) is 106 cm³/mol. The average molecular weight is 402 g/mol. The molecule has 7 heteroatoms. The number of aromatic nitrogens is 1. The number of hydrogen-bond donors (Lipinski definition) is 1. The van der Waals surface area contributed by atoms with Crippen LogP contribution in [0.4, 0.5) is 5.82 Å². The fraction of sp³-hybridized carbons (Fsp3) is 0.773. The minimum Gasteiger partial charge on any atom is -0.376 e. The molecule has 6 rings (SSSR count). The van der Waals surface area contributed by atoms with Crippen molar-refractivity contribution >= 4 is 17.6 Å². The number of nitrogens with one attached hydrogen (secondary N) is 1. The van der Waals surface area contributed by atoms with E-state index in [9.17, 15) is 9.59 Å². The fourth-order valence-electron chi connectivity index (χ4n) is 6.74. The van der Waals surface area contributed by atoms with Crippen LogP contribution >= 0.6 is 0 Å². The van der Waals surface area contributed by atoms with Crippen LogP contribution in [0.3, 0.4) is 0 Å². The van der Waals surface area contributed by atoms with Crippen molar-refractivity contribution in [1.29, 1.82) is 0 Å². The Morgan fingerprint density at radius 3 is 2.45 bits per heavy atom. The summed E-state index contributed by atoms with van der Waals surface area (Å²) in [5, 5.41) is 6.60. The monoisotopic (exact) mass is 401 g/mol. The van der Waals surface area contributed by atoms with E-state index in [0.717, 1.165) is 38.7 Å². The van der Waals surface area contributed by atoms with Gasteiger partial charge in [0, 0.05) is 19.2 Å². The van der Waals surface area contributed by atoms with Crippen molar-refractivity contribution < 1.29 is 18.8 Å². The summed E-state index contributed by atoms with van der Waals surface area (Å²) in [4.78, 5) is 28.3. The molecule has 1 unspecified atom stereocenters. The van der Waals surface area contributed by atoms with Crippen LogP contribution in [0.25, 0.3) is 0 Å². The van der Waals surface area contributed by atoms with Crippen LogP contribution in [-0.4, -0.2) is 47.7 Å². The van der Waals surface area contributed by atoms with Gasteiger partial charge in [0.2, 0.25) is 11.8 Å². The minimum absolute atomic E-state index is 0.0370. The second-order valence-corrected chi connectivity index (χ2v) is 9.89. The lowest BCUT2D eigenvalue weighted by atomic mass is 9.49. The van der Waals surface area contributed by atoms with Gasteiger partial charge in [-0.25, -0.2) is 0 Å². The highest BCUT2D eigenvalue weighted by molar-refractivity contribution is 5.95. The lowest BCUT2D eigenvalue weighted by Crippen LogP contribution is -2.56. The minimum atomic E-state index is -0.252. The largest absolute Gasteiger partial charge is 0.376 e. The molecule has 2 amide bonds. The summed E-state index contributed by atoms with van der Waals surface area (Å²) in [6.07, 6.45) is 8.91. The Kier molecular flexibility index (Phi) is 4.88. The first-order valence-electron chi connectivity index (χ1n) is 11.1. The Hall–Kier alpha value is -1.89. The normalized spacial score (nSPS) is 35.1. The molecular weight excluding hydrogens is 370 g/mol. The molecular formula is C22H31N3O4. The van der Waals surface area contributed by atoms with Gasteiger partial charge >= 0.3 is 0 Å². The molecule has 2 heterocycles. The van der Waals surface area contributed by atoms with Gasteiger partial charge in [-0.1, -0.05) is 5.16 Å². The molecule has 1 saturated heterocycles. The summed E-state index contributed by atoms with van der Waals surface area (Å²) in [5.74, 6) is 3.08. The van der Waals surface area contributed by atoms with Gasteiger partial charge in [-0.2, -0.15) is 0 Å². The van der Waals surface area contributed by atoms with Crippen molar-refractivity contribution in [3.8, 4) is 0 Å². The predicted octanol–water partition coefficient (Wildman–Crippen LogP) is 3.15. The van der Waals surface area contributed by atoms with E-state index in [2.05, 4.69) is 10.5 Å². The van der Waals surface area contributed by atoms with Crippen LogP contribution in [0, 0.1) is 30.1 Å². The van der Waals surface area contributed by atoms with Crippen LogP contribution in [0.1, 0.15) is 57.1 Å². The molecule has 4 aliphatic carbocycles. The number of rotatable bonds is 6. The Labute approximate surface area is 171 Å². The number of carbonyl (C=O) groups excluding carboxylic acids is 2. The van der Waals surface area contributed by atoms with E-state index in [1.807, 2.05) is 0 Å². The first-order valence-corrected chi connectivity index (χ1v) is 11.1. The third-order valence-electron chi connectivity index (χ3n) is 7.46. The van der Waals surface area contributed by atoms with Gasteiger partial charge in [-0.15, -0.1) is 0 Å². The summed E-state index contributed by atoms with van der Waals surface area (Å²) in [6.45, 7) is 3.08. The topological polar surface area (TPSA) is 84.7 Å². The van der Waals surface area contributed by atoms with E-state index in [1.165, 1.54) is 19.3 Å². The molecule has 7 nitrogen and oxygen atoms in total. The maximum absolute atomic E-state index is 13.8. The highest BCUT2D eigenvalue weighted by atomic mass is 16.5. The first kappa shape index (κ1) is 19.1. The second-order valence-electron chi connectivity index (χ2n) is 9.89. The van der Waals surface area contributed by atoms with Crippen molar-refractivity contribution in [2.75, 3.05) is 25.0 Å². The number of hydrogen-bond acceptors (Lipinski definition) is 5. The van der Waals surface area contributed by atoms with Gasteiger partial charge in [0.1, 0.15) is 12.3 Å². The summed E-state index contributed by atoms with van der Waals surface area (Å²) in [6, 6.07) is 1.68. The molecule has 4 saturated carbocycles. The molecule has 1 aromatic heterocycles. The smallest absolute Gasteiger partial charge is 0.245 e. The van der Waals surface area contributed by atoms with Crippen molar-refractivity contribution in [1.82, 2.24) is 10.1 Å². The summed E-state index contributed by atoms with van der Waals surface area (Å²) in [7, 11) is 0. The molecule has 0 radical (unpaired) electrons. The number of ether oxygens (including phenoxy) is 1. The number of anilines is 1. The Balaban J connectivity index is 1.32.